The second-order valence-corrected chi connectivity index (χ2v) is 8.59. The maximum absolute atomic E-state index is 13.0. The van der Waals surface area contributed by atoms with Crippen molar-refractivity contribution in [2.24, 2.45) is 0 Å². The van der Waals surface area contributed by atoms with Crippen LogP contribution in [0.5, 0.6) is 0 Å². The molecule has 1 amide bonds. The van der Waals surface area contributed by atoms with Crippen LogP contribution < -0.4 is 9.62 Å². The van der Waals surface area contributed by atoms with E-state index in [4.69, 9.17) is 4.42 Å². The highest BCUT2D eigenvalue weighted by molar-refractivity contribution is 7.98. The molecule has 2 aromatic rings. The summed E-state index contributed by atoms with van der Waals surface area (Å²) in [5.74, 6) is 1.64. The van der Waals surface area contributed by atoms with Crippen molar-refractivity contribution in [2.45, 2.75) is 12.2 Å². The smallest absolute Gasteiger partial charge is 0.240 e. The highest BCUT2D eigenvalue weighted by Crippen LogP contribution is 2.17. The number of benzene rings is 1. The summed E-state index contributed by atoms with van der Waals surface area (Å²) in [6.45, 7) is 0.106. The summed E-state index contributed by atoms with van der Waals surface area (Å²) in [6.07, 6.45) is 3.40. The van der Waals surface area contributed by atoms with E-state index in [2.05, 4.69) is 5.32 Å². The fourth-order valence-electron chi connectivity index (χ4n) is 2.16. The second-order valence-electron chi connectivity index (χ2n) is 5.58. The molecule has 0 saturated heterocycles. The Morgan fingerprint density at radius 3 is 2.62 bits per heavy atom. The van der Waals surface area contributed by atoms with Crippen molar-refractivity contribution in [2.75, 3.05) is 29.4 Å². The predicted molar refractivity (Wildman–Crippen MR) is 101 cm³/mol. The van der Waals surface area contributed by atoms with Crippen LogP contribution in [0.1, 0.15) is 12.2 Å². The molecule has 0 atom stereocenters. The van der Waals surface area contributed by atoms with Gasteiger partial charge < -0.3 is 9.73 Å². The van der Waals surface area contributed by atoms with E-state index in [0.717, 1.165) is 46.4 Å². The molecule has 1 N–H and O–H groups in total. The molecular formula is C17H21FN2O4S2. The number of hydrogen-bond acceptors (Lipinski definition) is 5. The number of rotatable bonds is 10. The van der Waals surface area contributed by atoms with Crippen LogP contribution in [0.2, 0.25) is 0 Å². The van der Waals surface area contributed by atoms with Gasteiger partial charge in [0, 0.05) is 6.54 Å². The van der Waals surface area contributed by atoms with Crippen molar-refractivity contribution in [3.05, 3.63) is 54.2 Å². The van der Waals surface area contributed by atoms with Crippen molar-refractivity contribution < 1.29 is 22.0 Å². The van der Waals surface area contributed by atoms with Crippen LogP contribution in [0.25, 0.3) is 0 Å². The minimum atomic E-state index is -3.65. The second kappa shape index (κ2) is 9.63. The summed E-state index contributed by atoms with van der Waals surface area (Å²) in [4.78, 5) is 12.0. The van der Waals surface area contributed by atoms with Gasteiger partial charge in [0.25, 0.3) is 0 Å². The van der Waals surface area contributed by atoms with E-state index in [9.17, 15) is 17.6 Å². The zero-order valence-electron chi connectivity index (χ0n) is 14.4. The molecule has 9 heteroatoms. The average Bonchev–Trinajstić information content (AvgIpc) is 3.09. The molecule has 0 spiro atoms. The first-order valence-corrected chi connectivity index (χ1v) is 11.0. The van der Waals surface area contributed by atoms with Crippen LogP contribution in [-0.4, -0.2) is 39.4 Å². The maximum Gasteiger partial charge on any atom is 0.240 e. The molecule has 0 fully saturated rings. The maximum atomic E-state index is 13.0. The summed E-state index contributed by atoms with van der Waals surface area (Å²) < 4.78 is 43.0. The minimum Gasteiger partial charge on any atom is -0.468 e. The molecule has 2 rings (SSSR count). The SMILES string of the molecule is CS(=O)(=O)N(CC(=O)NCCCSCc1ccco1)c1ccc(F)cc1. The summed E-state index contributed by atoms with van der Waals surface area (Å²) in [7, 11) is -3.65. The van der Waals surface area contributed by atoms with Crippen molar-refractivity contribution in [1.82, 2.24) is 5.32 Å². The van der Waals surface area contributed by atoms with Gasteiger partial charge in [-0.25, -0.2) is 12.8 Å². The summed E-state index contributed by atoms with van der Waals surface area (Å²) >= 11 is 1.69. The van der Waals surface area contributed by atoms with Gasteiger partial charge in [0.2, 0.25) is 15.9 Å². The van der Waals surface area contributed by atoms with Gasteiger partial charge in [0.1, 0.15) is 18.1 Å². The number of nitrogens with zero attached hydrogens (tertiary/aromatic N) is 1. The number of anilines is 1. The number of carbonyl (C=O) groups is 1. The Bertz CT molecular complexity index is 793. The van der Waals surface area contributed by atoms with Crippen LogP contribution >= 0.6 is 11.8 Å². The lowest BCUT2D eigenvalue weighted by molar-refractivity contribution is -0.119. The molecule has 0 aliphatic rings. The number of amides is 1. The first-order chi connectivity index (χ1) is 12.4. The highest BCUT2D eigenvalue weighted by atomic mass is 32.2. The lowest BCUT2D eigenvalue weighted by Crippen LogP contribution is -2.40. The van der Waals surface area contributed by atoms with Crippen LogP contribution in [0, 0.1) is 5.82 Å². The Kier molecular flexibility index (Phi) is 7.52. The summed E-state index contributed by atoms with van der Waals surface area (Å²) in [5.41, 5.74) is 0.248. The van der Waals surface area contributed by atoms with E-state index < -0.39 is 21.7 Å². The fourth-order valence-corrected chi connectivity index (χ4v) is 3.88. The molecule has 0 saturated carbocycles. The van der Waals surface area contributed by atoms with Crippen LogP contribution in [-0.2, 0) is 20.6 Å². The average molecular weight is 400 g/mol. The standard InChI is InChI=1S/C17H21FN2O4S2/c1-26(22,23)20(15-7-5-14(18)6-8-15)12-17(21)19-9-3-11-25-13-16-4-2-10-24-16/h2,4-8,10H,3,9,11-13H2,1H3,(H,19,21). The minimum absolute atomic E-state index is 0.248. The molecule has 1 aromatic heterocycles. The molecule has 0 radical (unpaired) electrons. The Morgan fingerprint density at radius 2 is 2.00 bits per heavy atom. The largest absolute Gasteiger partial charge is 0.468 e. The molecule has 0 bridgehead atoms. The Balaban J connectivity index is 1.75. The number of carbonyl (C=O) groups excluding carboxylic acids is 1. The van der Waals surface area contributed by atoms with Crippen LogP contribution in [0.15, 0.2) is 47.1 Å². The van der Waals surface area contributed by atoms with Gasteiger partial charge in [0.05, 0.1) is 24.0 Å². The van der Waals surface area contributed by atoms with E-state index in [0.29, 0.717) is 6.54 Å². The summed E-state index contributed by atoms with van der Waals surface area (Å²) in [5, 5.41) is 2.70. The number of hydrogen-bond donors (Lipinski definition) is 1. The first-order valence-electron chi connectivity index (χ1n) is 7.96. The molecule has 1 heterocycles. The van der Waals surface area contributed by atoms with Gasteiger partial charge >= 0.3 is 0 Å². The van der Waals surface area contributed by atoms with Crippen LogP contribution in [0.3, 0.4) is 0 Å². The number of halogens is 1. The third-order valence-corrected chi connectivity index (χ3v) is 5.62. The van der Waals surface area contributed by atoms with Gasteiger partial charge in [0.15, 0.2) is 0 Å². The lowest BCUT2D eigenvalue weighted by Gasteiger charge is -2.21. The quantitative estimate of drug-likeness (QED) is 0.620. The number of furan rings is 1. The van der Waals surface area contributed by atoms with Crippen molar-refractivity contribution >= 4 is 33.4 Å². The van der Waals surface area contributed by atoms with E-state index in [-0.39, 0.29) is 12.2 Å². The zero-order chi connectivity index (χ0) is 19.0. The third kappa shape index (κ3) is 6.72. The van der Waals surface area contributed by atoms with E-state index >= 15 is 0 Å². The molecule has 0 aliphatic heterocycles. The van der Waals surface area contributed by atoms with Gasteiger partial charge in [-0.2, -0.15) is 11.8 Å². The molecule has 6 nitrogen and oxygen atoms in total. The Hall–Kier alpha value is -2.00. The Morgan fingerprint density at radius 1 is 1.27 bits per heavy atom. The van der Waals surface area contributed by atoms with Gasteiger partial charge in [-0.05, 0) is 48.6 Å². The molecule has 0 unspecified atom stereocenters. The third-order valence-electron chi connectivity index (χ3n) is 3.41. The van der Waals surface area contributed by atoms with Crippen molar-refractivity contribution in [1.29, 1.82) is 0 Å². The lowest BCUT2D eigenvalue weighted by atomic mass is 10.3. The molecule has 26 heavy (non-hydrogen) atoms. The highest BCUT2D eigenvalue weighted by Gasteiger charge is 2.20. The number of nitrogens with one attached hydrogen (secondary N) is 1. The van der Waals surface area contributed by atoms with E-state index in [1.54, 1.807) is 18.0 Å². The topological polar surface area (TPSA) is 79.6 Å². The van der Waals surface area contributed by atoms with Gasteiger partial charge in [-0.1, -0.05) is 0 Å². The molecule has 142 valence electrons. The number of thioether (sulfide) groups is 1. The monoisotopic (exact) mass is 400 g/mol. The molecular weight excluding hydrogens is 379 g/mol. The van der Waals surface area contributed by atoms with Gasteiger partial charge in [-0.15, -0.1) is 0 Å². The molecule has 1 aromatic carbocycles. The zero-order valence-corrected chi connectivity index (χ0v) is 16.0. The number of sulfonamides is 1. The van der Waals surface area contributed by atoms with Crippen molar-refractivity contribution in [3.8, 4) is 0 Å². The fraction of sp³-hybridized carbons (Fsp3) is 0.353. The normalized spacial score (nSPS) is 11.3. The van der Waals surface area contributed by atoms with E-state index in [1.165, 1.54) is 12.1 Å². The summed E-state index contributed by atoms with van der Waals surface area (Å²) in [6, 6.07) is 8.71. The first kappa shape index (κ1) is 20.3. The van der Waals surface area contributed by atoms with E-state index in [1.807, 2.05) is 12.1 Å². The van der Waals surface area contributed by atoms with Crippen LogP contribution in [0.4, 0.5) is 10.1 Å². The Labute approximate surface area is 156 Å². The predicted octanol–water partition coefficient (Wildman–Crippen LogP) is 2.62. The van der Waals surface area contributed by atoms with Crippen molar-refractivity contribution in [3.63, 3.8) is 0 Å². The molecule has 0 aliphatic carbocycles. The van der Waals surface area contributed by atoms with Gasteiger partial charge in [-0.3, -0.25) is 9.10 Å².